The summed E-state index contributed by atoms with van der Waals surface area (Å²) >= 11 is 0. The summed E-state index contributed by atoms with van der Waals surface area (Å²) in [5.74, 6) is 0.142. The van der Waals surface area contributed by atoms with Crippen LogP contribution in [0.1, 0.15) is 23.5 Å². The maximum absolute atomic E-state index is 2.47. The molecule has 0 saturated heterocycles. The number of fused-ring (bicyclic) bond motifs is 2. The summed E-state index contributed by atoms with van der Waals surface area (Å²) in [5.41, 5.74) is 19.9. The van der Waals surface area contributed by atoms with E-state index in [4.69, 9.17) is 0 Å². The Morgan fingerprint density at radius 1 is 0.276 bits per heavy atom. The van der Waals surface area contributed by atoms with Gasteiger partial charge in [0.25, 0.3) is 0 Å². The van der Waals surface area contributed by atoms with Crippen molar-refractivity contribution in [1.82, 2.24) is 0 Å². The van der Waals surface area contributed by atoms with E-state index in [0.717, 1.165) is 40.5 Å². The molecular weight excluding hydrogens is 917 g/mol. The Morgan fingerprint density at radius 3 is 1.14 bits per heavy atom. The Morgan fingerprint density at radius 2 is 0.645 bits per heavy atom. The highest BCUT2D eigenvalue weighted by Crippen LogP contribution is 2.51. The molecule has 2 nitrogen and oxygen atoms in total. The van der Waals surface area contributed by atoms with Crippen molar-refractivity contribution in [3.8, 4) is 44.5 Å². The minimum Gasteiger partial charge on any atom is -0.310 e. The van der Waals surface area contributed by atoms with E-state index in [-0.39, 0.29) is 5.92 Å². The first-order valence-corrected chi connectivity index (χ1v) is 26.4. The van der Waals surface area contributed by atoms with Crippen LogP contribution in [0.2, 0.25) is 0 Å². The molecule has 0 spiro atoms. The van der Waals surface area contributed by atoms with E-state index < -0.39 is 0 Å². The van der Waals surface area contributed by atoms with Gasteiger partial charge in [0.15, 0.2) is 0 Å². The van der Waals surface area contributed by atoms with Crippen molar-refractivity contribution >= 4 is 61.2 Å². The van der Waals surface area contributed by atoms with Gasteiger partial charge in [-0.25, -0.2) is 0 Å². The molecule has 0 amide bonds. The van der Waals surface area contributed by atoms with Crippen LogP contribution in [0.4, 0.5) is 34.1 Å². The number of benzene rings is 12. The number of hydrogen-bond donors (Lipinski definition) is 0. The maximum atomic E-state index is 2.47. The van der Waals surface area contributed by atoms with Gasteiger partial charge in [0.05, 0.1) is 0 Å². The van der Waals surface area contributed by atoms with E-state index in [2.05, 4.69) is 319 Å². The SMILES string of the molecule is C1=CCC(c2ccccc2)C(c2c3cc(N(c4ccccc4)c4ccc(-c5ccccc5)cc4)ccc3c(-c3ccccc3-c3ccccc3)c3cc(N(c4ccccc4)c4ccc(-c5ccccc5)cc4)ccc23)=C1. The lowest BCUT2D eigenvalue weighted by molar-refractivity contribution is 0.876. The quantitative estimate of drug-likeness (QED) is 0.113. The van der Waals surface area contributed by atoms with Crippen LogP contribution in [0.5, 0.6) is 0 Å². The lowest BCUT2D eigenvalue weighted by atomic mass is 9.77. The van der Waals surface area contributed by atoms with Crippen LogP contribution >= 0.6 is 0 Å². The molecule has 12 aromatic carbocycles. The van der Waals surface area contributed by atoms with E-state index in [1.165, 1.54) is 82.8 Å². The average molecular weight is 971 g/mol. The van der Waals surface area contributed by atoms with Crippen LogP contribution in [-0.4, -0.2) is 0 Å². The summed E-state index contributed by atoms with van der Waals surface area (Å²) < 4.78 is 0. The van der Waals surface area contributed by atoms with Gasteiger partial charge in [0.2, 0.25) is 0 Å². The Labute approximate surface area is 446 Å². The third kappa shape index (κ3) is 8.86. The fourth-order valence-electron chi connectivity index (χ4n) is 11.5. The second kappa shape index (κ2) is 20.6. The zero-order chi connectivity index (χ0) is 50.6. The lowest BCUT2D eigenvalue weighted by Crippen LogP contribution is -2.11. The van der Waals surface area contributed by atoms with Gasteiger partial charge in [-0.2, -0.15) is 0 Å². The van der Waals surface area contributed by atoms with Crippen molar-refractivity contribution in [2.75, 3.05) is 9.80 Å². The fraction of sp³-hybridized carbons (Fsp3) is 0.0270. The highest BCUT2D eigenvalue weighted by atomic mass is 15.1. The van der Waals surface area contributed by atoms with Crippen molar-refractivity contribution in [2.45, 2.75) is 12.3 Å². The Bertz CT molecular complexity index is 4020. The highest BCUT2D eigenvalue weighted by Gasteiger charge is 2.28. The minimum atomic E-state index is 0.142. The number of para-hydroxylation sites is 2. The standard InChI is InChI=1S/C74H54N2/c1-7-23-53(24-8-1)55-39-43-61(44-40-55)75(59-31-15-5-16-32-59)63-47-49-69-71(51-63)73(67-37-21-19-35-65(67)57-27-11-3-12-28-57)70-50-48-64(52-72(70)74(69)68-38-22-20-36-66(68)58-29-13-4-14-30-58)76(60-33-17-6-18-34-60)62-45-41-56(42-46-62)54-25-9-2-10-26-54/h1-35,37-52,66H,36H2. The van der Waals surface area contributed by atoms with Crippen molar-refractivity contribution in [1.29, 1.82) is 0 Å². The van der Waals surface area contributed by atoms with Crippen LogP contribution < -0.4 is 9.80 Å². The van der Waals surface area contributed by atoms with Crippen molar-refractivity contribution in [3.63, 3.8) is 0 Å². The molecule has 13 rings (SSSR count). The molecule has 0 radical (unpaired) electrons. The molecule has 0 aliphatic heterocycles. The second-order valence-electron chi connectivity index (χ2n) is 19.5. The third-order valence-electron chi connectivity index (χ3n) is 15.0. The predicted molar refractivity (Wildman–Crippen MR) is 323 cm³/mol. The summed E-state index contributed by atoms with van der Waals surface area (Å²) in [6.45, 7) is 0. The van der Waals surface area contributed by atoms with Gasteiger partial charge < -0.3 is 9.80 Å². The molecule has 12 aromatic rings. The summed E-state index contributed by atoms with van der Waals surface area (Å²) in [5, 5.41) is 4.80. The second-order valence-corrected chi connectivity index (χ2v) is 19.5. The van der Waals surface area contributed by atoms with Crippen LogP contribution in [0.3, 0.4) is 0 Å². The molecule has 0 bridgehead atoms. The molecule has 360 valence electrons. The van der Waals surface area contributed by atoms with Gasteiger partial charge in [-0.15, -0.1) is 0 Å². The van der Waals surface area contributed by atoms with Crippen molar-refractivity contribution in [2.24, 2.45) is 0 Å². The molecule has 1 aliphatic rings. The van der Waals surface area contributed by atoms with E-state index in [0.29, 0.717) is 0 Å². The van der Waals surface area contributed by atoms with Gasteiger partial charge in [-0.1, -0.05) is 237 Å². The van der Waals surface area contributed by atoms with E-state index in [9.17, 15) is 0 Å². The summed E-state index contributed by atoms with van der Waals surface area (Å²) in [4.78, 5) is 4.82. The lowest BCUT2D eigenvalue weighted by Gasteiger charge is -2.30. The number of rotatable bonds is 12. The molecular formula is C74H54N2. The monoisotopic (exact) mass is 970 g/mol. The smallest absolute Gasteiger partial charge is 0.0468 e. The maximum Gasteiger partial charge on any atom is 0.0468 e. The first-order valence-electron chi connectivity index (χ1n) is 26.4. The molecule has 0 aromatic heterocycles. The Kier molecular flexibility index (Phi) is 12.5. The zero-order valence-electron chi connectivity index (χ0n) is 42.1. The average Bonchev–Trinajstić information content (AvgIpc) is 3.51. The van der Waals surface area contributed by atoms with Crippen LogP contribution in [0.25, 0.3) is 71.6 Å². The molecule has 0 N–H and O–H groups in total. The van der Waals surface area contributed by atoms with Crippen LogP contribution in [0, 0.1) is 0 Å². The van der Waals surface area contributed by atoms with Gasteiger partial charge >= 0.3 is 0 Å². The van der Waals surface area contributed by atoms with E-state index in [1.54, 1.807) is 0 Å². The Hall–Kier alpha value is -9.76. The van der Waals surface area contributed by atoms with Crippen molar-refractivity contribution in [3.05, 3.63) is 321 Å². The van der Waals surface area contributed by atoms with Gasteiger partial charge in [-0.05, 0) is 162 Å². The zero-order valence-corrected chi connectivity index (χ0v) is 42.1. The number of anilines is 6. The van der Waals surface area contributed by atoms with Gasteiger partial charge in [-0.3, -0.25) is 0 Å². The molecule has 1 aliphatic carbocycles. The van der Waals surface area contributed by atoms with Gasteiger partial charge in [0, 0.05) is 40.0 Å². The molecule has 0 heterocycles. The third-order valence-corrected chi connectivity index (χ3v) is 15.0. The summed E-state index contributed by atoms with van der Waals surface area (Å²) in [6, 6.07) is 106. The highest BCUT2D eigenvalue weighted by molar-refractivity contribution is 6.22. The largest absolute Gasteiger partial charge is 0.310 e. The predicted octanol–water partition coefficient (Wildman–Crippen LogP) is 20.7. The number of hydrogen-bond acceptors (Lipinski definition) is 2. The van der Waals surface area contributed by atoms with Crippen LogP contribution in [-0.2, 0) is 0 Å². The molecule has 2 heteroatoms. The fourth-order valence-corrected chi connectivity index (χ4v) is 11.5. The number of allylic oxidation sites excluding steroid dienone is 4. The number of nitrogens with zero attached hydrogens (tertiary/aromatic N) is 2. The van der Waals surface area contributed by atoms with E-state index in [1.807, 2.05) is 0 Å². The van der Waals surface area contributed by atoms with Crippen LogP contribution in [0.15, 0.2) is 309 Å². The Balaban J connectivity index is 1.10. The summed E-state index contributed by atoms with van der Waals surface area (Å²) in [6.07, 6.45) is 7.88. The van der Waals surface area contributed by atoms with E-state index >= 15 is 0 Å². The molecule has 1 unspecified atom stereocenters. The molecule has 0 saturated carbocycles. The normalized spacial score (nSPS) is 13.1. The first kappa shape index (κ1) is 46.1. The summed E-state index contributed by atoms with van der Waals surface area (Å²) in [7, 11) is 0. The molecule has 1 atom stereocenters. The topological polar surface area (TPSA) is 6.48 Å². The minimum absolute atomic E-state index is 0.142. The first-order chi connectivity index (χ1) is 37.7. The van der Waals surface area contributed by atoms with Crippen molar-refractivity contribution < 1.29 is 0 Å². The molecule has 76 heavy (non-hydrogen) atoms. The molecule has 0 fully saturated rings. The van der Waals surface area contributed by atoms with Gasteiger partial charge in [0.1, 0.15) is 0 Å².